The molecule has 0 aromatic heterocycles. The Kier molecular flexibility index (Phi) is 8.15. The second-order valence-electron chi connectivity index (χ2n) is 7.33. The highest BCUT2D eigenvalue weighted by atomic mass is 19.1. The summed E-state index contributed by atoms with van der Waals surface area (Å²) in [6.07, 6.45) is -0.570. The number of benzene rings is 3. The highest BCUT2D eigenvalue weighted by Gasteiger charge is 2.22. The fourth-order valence-electron chi connectivity index (χ4n) is 3.33. The molecular formula is C25H27FN2O3. The molecule has 6 heteroatoms. The van der Waals surface area contributed by atoms with E-state index in [2.05, 4.69) is 10.6 Å². The van der Waals surface area contributed by atoms with Crippen LogP contribution in [0, 0.1) is 5.82 Å². The van der Waals surface area contributed by atoms with Gasteiger partial charge in [-0.15, -0.1) is 0 Å². The highest BCUT2D eigenvalue weighted by Crippen LogP contribution is 2.13. The highest BCUT2D eigenvalue weighted by molar-refractivity contribution is 5.94. The number of aliphatic hydroxyl groups excluding tert-OH is 1. The minimum Gasteiger partial charge on any atom is -0.497 e. The van der Waals surface area contributed by atoms with Crippen molar-refractivity contribution in [3.8, 4) is 5.75 Å². The summed E-state index contributed by atoms with van der Waals surface area (Å²) in [7, 11) is 1.61. The molecule has 0 aliphatic heterocycles. The first-order valence-electron chi connectivity index (χ1n) is 10.2. The average molecular weight is 423 g/mol. The van der Waals surface area contributed by atoms with Crippen LogP contribution in [-0.2, 0) is 13.0 Å². The van der Waals surface area contributed by atoms with Crippen LogP contribution in [0.15, 0.2) is 78.9 Å². The van der Waals surface area contributed by atoms with Gasteiger partial charge in [-0.1, -0.05) is 42.5 Å². The number of hydrogen-bond acceptors (Lipinski definition) is 4. The molecule has 3 N–H and O–H groups in total. The van der Waals surface area contributed by atoms with Crippen molar-refractivity contribution in [2.45, 2.75) is 25.1 Å². The van der Waals surface area contributed by atoms with E-state index in [0.29, 0.717) is 24.1 Å². The van der Waals surface area contributed by atoms with Crippen LogP contribution in [0.2, 0.25) is 0 Å². The van der Waals surface area contributed by atoms with Crippen LogP contribution in [0.1, 0.15) is 21.5 Å². The van der Waals surface area contributed by atoms with E-state index in [9.17, 15) is 14.3 Å². The van der Waals surface area contributed by atoms with Gasteiger partial charge in [0.05, 0.1) is 19.3 Å². The number of halogens is 1. The number of aliphatic hydroxyl groups is 1. The molecule has 0 saturated heterocycles. The smallest absolute Gasteiger partial charge is 0.251 e. The van der Waals surface area contributed by atoms with Crippen molar-refractivity contribution in [1.29, 1.82) is 0 Å². The summed E-state index contributed by atoms with van der Waals surface area (Å²) in [6.45, 7) is 0.792. The van der Waals surface area contributed by atoms with Gasteiger partial charge >= 0.3 is 0 Å². The van der Waals surface area contributed by atoms with Gasteiger partial charge in [-0.2, -0.15) is 0 Å². The Morgan fingerprint density at radius 3 is 2.48 bits per heavy atom. The van der Waals surface area contributed by atoms with Crippen molar-refractivity contribution in [3.63, 3.8) is 0 Å². The number of amides is 1. The zero-order valence-corrected chi connectivity index (χ0v) is 17.4. The molecule has 0 radical (unpaired) electrons. The zero-order chi connectivity index (χ0) is 22.1. The molecule has 162 valence electrons. The Labute approximate surface area is 181 Å². The molecule has 0 saturated carbocycles. The van der Waals surface area contributed by atoms with Crippen molar-refractivity contribution in [2.75, 3.05) is 13.7 Å². The molecule has 0 spiro atoms. The summed E-state index contributed by atoms with van der Waals surface area (Å²) in [4.78, 5) is 12.7. The van der Waals surface area contributed by atoms with Gasteiger partial charge in [0.15, 0.2) is 0 Å². The van der Waals surface area contributed by atoms with Crippen molar-refractivity contribution in [3.05, 3.63) is 101 Å². The van der Waals surface area contributed by atoms with Crippen LogP contribution in [0.5, 0.6) is 5.75 Å². The first-order chi connectivity index (χ1) is 15.0. The first kappa shape index (κ1) is 22.5. The molecular weight excluding hydrogens is 395 g/mol. The van der Waals surface area contributed by atoms with Crippen LogP contribution in [0.4, 0.5) is 4.39 Å². The normalized spacial score (nSPS) is 12.7. The number of carbonyl (C=O) groups is 1. The van der Waals surface area contributed by atoms with E-state index in [1.165, 1.54) is 12.1 Å². The van der Waals surface area contributed by atoms with E-state index in [1.807, 2.05) is 30.3 Å². The number of rotatable bonds is 10. The SMILES string of the molecule is COc1cccc(CNC[C@@H](O)[C@H](Cc2cccc(F)c2)NC(=O)c2ccccc2)c1. The Hall–Kier alpha value is -3.22. The lowest BCUT2D eigenvalue weighted by molar-refractivity contribution is 0.0830. The maximum Gasteiger partial charge on any atom is 0.251 e. The van der Waals surface area contributed by atoms with E-state index in [1.54, 1.807) is 43.5 Å². The van der Waals surface area contributed by atoms with Crippen molar-refractivity contribution in [2.24, 2.45) is 0 Å². The maximum atomic E-state index is 13.6. The fraction of sp³-hybridized carbons (Fsp3) is 0.240. The number of hydrogen-bond donors (Lipinski definition) is 3. The molecule has 2 atom stereocenters. The lowest BCUT2D eigenvalue weighted by Gasteiger charge is -2.25. The molecule has 0 bridgehead atoms. The Bertz CT molecular complexity index is 981. The van der Waals surface area contributed by atoms with Crippen molar-refractivity contribution < 1.29 is 19.0 Å². The van der Waals surface area contributed by atoms with Gasteiger partial charge in [0.2, 0.25) is 0 Å². The third-order valence-corrected chi connectivity index (χ3v) is 4.98. The third-order valence-electron chi connectivity index (χ3n) is 4.98. The largest absolute Gasteiger partial charge is 0.497 e. The Morgan fingerprint density at radius 2 is 1.74 bits per heavy atom. The van der Waals surface area contributed by atoms with Gasteiger partial charge in [0.25, 0.3) is 5.91 Å². The summed E-state index contributed by atoms with van der Waals surface area (Å²) in [6, 6.07) is 22.1. The van der Waals surface area contributed by atoms with Gasteiger partial charge in [0.1, 0.15) is 11.6 Å². The lowest BCUT2D eigenvalue weighted by atomic mass is 10.00. The molecule has 0 heterocycles. The van der Waals surface area contributed by atoms with Crippen LogP contribution < -0.4 is 15.4 Å². The summed E-state index contributed by atoms with van der Waals surface area (Å²) in [5, 5.41) is 16.9. The monoisotopic (exact) mass is 422 g/mol. The Balaban J connectivity index is 1.65. The fourth-order valence-corrected chi connectivity index (χ4v) is 3.33. The van der Waals surface area contributed by atoms with Crippen LogP contribution in [0.3, 0.4) is 0 Å². The third kappa shape index (κ3) is 6.91. The van der Waals surface area contributed by atoms with Crippen molar-refractivity contribution >= 4 is 5.91 Å². The van der Waals surface area contributed by atoms with Gasteiger partial charge in [-0.3, -0.25) is 4.79 Å². The van der Waals surface area contributed by atoms with Gasteiger partial charge in [-0.25, -0.2) is 4.39 Å². The molecule has 0 fully saturated rings. The molecule has 3 aromatic rings. The minimum atomic E-state index is -0.874. The lowest BCUT2D eigenvalue weighted by Crippen LogP contribution is -2.48. The summed E-state index contributed by atoms with van der Waals surface area (Å²) in [5.74, 6) is 0.129. The van der Waals surface area contributed by atoms with Gasteiger partial charge < -0.3 is 20.5 Å². The van der Waals surface area contributed by atoms with E-state index < -0.39 is 12.1 Å². The molecule has 31 heavy (non-hydrogen) atoms. The van der Waals surface area contributed by atoms with Gasteiger partial charge in [-0.05, 0) is 53.9 Å². The predicted octanol–water partition coefficient (Wildman–Crippen LogP) is 3.33. The summed E-state index contributed by atoms with van der Waals surface area (Å²) >= 11 is 0. The van der Waals surface area contributed by atoms with Crippen LogP contribution in [0.25, 0.3) is 0 Å². The molecule has 5 nitrogen and oxygen atoms in total. The number of carbonyl (C=O) groups excluding carboxylic acids is 1. The number of nitrogens with one attached hydrogen (secondary N) is 2. The van der Waals surface area contributed by atoms with E-state index in [4.69, 9.17) is 4.74 Å². The van der Waals surface area contributed by atoms with Gasteiger partial charge in [0, 0.05) is 18.7 Å². The van der Waals surface area contributed by atoms with Crippen LogP contribution in [-0.4, -0.2) is 36.8 Å². The quantitative estimate of drug-likeness (QED) is 0.469. The molecule has 3 aromatic carbocycles. The molecule has 3 rings (SSSR count). The zero-order valence-electron chi connectivity index (χ0n) is 17.4. The standard InChI is InChI=1S/C25H27FN2O3/c1-31-22-12-6-8-19(14-22)16-27-17-24(29)23(15-18-7-5-11-21(26)13-18)28-25(30)20-9-3-2-4-10-20/h2-14,23-24,27,29H,15-17H2,1H3,(H,28,30)/t23-,24+/m0/s1. The first-order valence-corrected chi connectivity index (χ1v) is 10.2. The molecule has 1 amide bonds. The minimum absolute atomic E-state index is 0.256. The summed E-state index contributed by atoms with van der Waals surface area (Å²) < 4.78 is 18.9. The molecule has 0 aliphatic carbocycles. The van der Waals surface area contributed by atoms with Crippen molar-refractivity contribution in [1.82, 2.24) is 10.6 Å². The predicted molar refractivity (Wildman–Crippen MR) is 119 cm³/mol. The maximum absolute atomic E-state index is 13.6. The molecule has 0 aliphatic rings. The average Bonchev–Trinajstić information content (AvgIpc) is 2.79. The number of methoxy groups -OCH3 is 1. The Morgan fingerprint density at radius 1 is 1.00 bits per heavy atom. The van der Waals surface area contributed by atoms with E-state index in [-0.39, 0.29) is 18.3 Å². The number of ether oxygens (including phenoxy) is 1. The second-order valence-corrected chi connectivity index (χ2v) is 7.33. The topological polar surface area (TPSA) is 70.6 Å². The second kappa shape index (κ2) is 11.2. The van der Waals surface area contributed by atoms with E-state index >= 15 is 0 Å². The van der Waals surface area contributed by atoms with Crippen LogP contribution >= 0.6 is 0 Å². The molecule has 0 unspecified atom stereocenters. The van der Waals surface area contributed by atoms with E-state index in [0.717, 1.165) is 11.3 Å². The summed E-state index contributed by atoms with van der Waals surface area (Å²) in [5.41, 5.74) is 2.22.